The molecule has 0 aromatic heterocycles. The van der Waals surface area contributed by atoms with Gasteiger partial charge in [0.05, 0.1) is 30.0 Å². The summed E-state index contributed by atoms with van der Waals surface area (Å²) in [4.78, 5) is 11.3. The van der Waals surface area contributed by atoms with Crippen molar-refractivity contribution < 1.29 is 14.3 Å². The van der Waals surface area contributed by atoms with E-state index >= 15 is 0 Å². The number of methoxy groups -OCH3 is 1. The molecular formula is C10H12ClNO3. The molecule has 0 aliphatic carbocycles. The minimum absolute atomic E-state index is 0.279. The molecule has 0 radical (unpaired) electrons. The number of esters is 1. The quantitative estimate of drug-likeness (QED) is 0.637. The van der Waals surface area contributed by atoms with Gasteiger partial charge in [-0.2, -0.15) is 0 Å². The molecule has 1 rings (SSSR count). The molecule has 0 aliphatic heterocycles. The second-order valence-electron chi connectivity index (χ2n) is 2.79. The van der Waals surface area contributed by atoms with Crippen LogP contribution in [0.15, 0.2) is 12.1 Å². The molecule has 0 unspecified atom stereocenters. The molecular weight excluding hydrogens is 218 g/mol. The number of hydrogen-bond donors (Lipinski definition) is 1. The van der Waals surface area contributed by atoms with Crippen molar-refractivity contribution in [2.75, 3.05) is 19.5 Å². The van der Waals surface area contributed by atoms with Crippen molar-refractivity contribution in [2.24, 2.45) is 0 Å². The fraction of sp³-hybridized carbons (Fsp3) is 0.300. The maximum absolute atomic E-state index is 11.3. The van der Waals surface area contributed by atoms with Crippen LogP contribution < -0.4 is 10.5 Å². The highest BCUT2D eigenvalue weighted by atomic mass is 35.5. The van der Waals surface area contributed by atoms with Crippen LogP contribution in [-0.4, -0.2) is 19.7 Å². The van der Waals surface area contributed by atoms with E-state index in [1.165, 1.54) is 19.2 Å². The number of nitrogens with two attached hydrogens (primary N) is 1. The van der Waals surface area contributed by atoms with Gasteiger partial charge in [-0.1, -0.05) is 11.6 Å². The summed E-state index contributed by atoms with van der Waals surface area (Å²) < 4.78 is 9.81. The second-order valence-corrected chi connectivity index (χ2v) is 3.20. The van der Waals surface area contributed by atoms with Crippen molar-refractivity contribution >= 4 is 23.3 Å². The lowest BCUT2D eigenvalue weighted by Gasteiger charge is -2.09. The second kappa shape index (κ2) is 4.89. The predicted octanol–water partition coefficient (Wildman–Crippen LogP) is 2.11. The standard InChI is InChI=1S/C10H12ClNO3/c1-3-15-8-5-6(10(13)14-2)4-7(11)9(8)12/h4-5H,3,12H2,1-2H3. The maximum Gasteiger partial charge on any atom is 0.338 e. The summed E-state index contributed by atoms with van der Waals surface area (Å²) in [5, 5.41) is 0.279. The molecule has 82 valence electrons. The maximum atomic E-state index is 11.3. The van der Waals surface area contributed by atoms with Crippen LogP contribution in [0.25, 0.3) is 0 Å². The molecule has 0 spiro atoms. The predicted molar refractivity (Wildman–Crippen MR) is 58.4 cm³/mol. The van der Waals surface area contributed by atoms with E-state index in [4.69, 9.17) is 22.1 Å². The van der Waals surface area contributed by atoms with Crippen molar-refractivity contribution in [3.63, 3.8) is 0 Å². The fourth-order valence-electron chi connectivity index (χ4n) is 1.10. The van der Waals surface area contributed by atoms with Crippen LogP contribution in [-0.2, 0) is 4.74 Å². The molecule has 15 heavy (non-hydrogen) atoms. The van der Waals surface area contributed by atoms with Gasteiger partial charge in [-0.05, 0) is 19.1 Å². The Labute approximate surface area is 92.9 Å². The molecule has 0 saturated carbocycles. The molecule has 0 fully saturated rings. The molecule has 5 heteroatoms. The Morgan fingerprint density at radius 3 is 2.73 bits per heavy atom. The van der Waals surface area contributed by atoms with Gasteiger partial charge in [-0.15, -0.1) is 0 Å². The third-order valence-electron chi connectivity index (χ3n) is 1.81. The molecule has 0 bridgehead atoms. The highest BCUT2D eigenvalue weighted by Crippen LogP contribution is 2.31. The van der Waals surface area contributed by atoms with Crippen LogP contribution in [0, 0.1) is 0 Å². The number of anilines is 1. The molecule has 2 N–H and O–H groups in total. The zero-order valence-corrected chi connectivity index (χ0v) is 9.30. The third-order valence-corrected chi connectivity index (χ3v) is 2.13. The summed E-state index contributed by atoms with van der Waals surface area (Å²) in [5.41, 5.74) is 6.31. The van der Waals surface area contributed by atoms with E-state index in [0.29, 0.717) is 23.6 Å². The van der Waals surface area contributed by atoms with E-state index in [1.54, 1.807) is 0 Å². The van der Waals surface area contributed by atoms with E-state index in [9.17, 15) is 4.79 Å². The molecule has 0 heterocycles. The van der Waals surface area contributed by atoms with Crippen molar-refractivity contribution in [2.45, 2.75) is 6.92 Å². The normalized spacial score (nSPS) is 9.80. The first-order chi connectivity index (χ1) is 7.10. The van der Waals surface area contributed by atoms with Crippen LogP contribution in [0.2, 0.25) is 5.02 Å². The van der Waals surface area contributed by atoms with E-state index in [0.717, 1.165) is 0 Å². The summed E-state index contributed by atoms with van der Waals surface area (Å²) in [6.07, 6.45) is 0. The molecule has 1 aromatic carbocycles. The highest BCUT2D eigenvalue weighted by Gasteiger charge is 2.12. The number of carbonyl (C=O) groups is 1. The largest absolute Gasteiger partial charge is 0.492 e. The van der Waals surface area contributed by atoms with Crippen molar-refractivity contribution in [1.29, 1.82) is 0 Å². The summed E-state index contributed by atoms with van der Waals surface area (Å²) in [7, 11) is 1.30. The number of hydrogen-bond acceptors (Lipinski definition) is 4. The molecule has 0 aliphatic rings. The Hall–Kier alpha value is -1.42. The van der Waals surface area contributed by atoms with Gasteiger partial charge in [-0.25, -0.2) is 4.79 Å². The molecule has 0 amide bonds. The average molecular weight is 230 g/mol. The van der Waals surface area contributed by atoms with Gasteiger partial charge in [0, 0.05) is 0 Å². The first kappa shape index (κ1) is 11.7. The number of benzene rings is 1. The van der Waals surface area contributed by atoms with E-state index < -0.39 is 5.97 Å². The van der Waals surface area contributed by atoms with Crippen LogP contribution in [0.1, 0.15) is 17.3 Å². The molecule has 0 saturated heterocycles. The van der Waals surface area contributed by atoms with Gasteiger partial charge >= 0.3 is 5.97 Å². The Morgan fingerprint density at radius 2 is 2.20 bits per heavy atom. The van der Waals surface area contributed by atoms with Gasteiger partial charge in [0.1, 0.15) is 5.75 Å². The smallest absolute Gasteiger partial charge is 0.338 e. The Morgan fingerprint density at radius 1 is 1.53 bits per heavy atom. The SMILES string of the molecule is CCOc1cc(C(=O)OC)cc(Cl)c1N. The zero-order chi connectivity index (χ0) is 11.4. The third kappa shape index (κ3) is 2.53. The summed E-state index contributed by atoms with van der Waals surface area (Å²) in [5.74, 6) is -0.0803. The van der Waals surface area contributed by atoms with Crippen LogP contribution in [0.3, 0.4) is 0 Å². The van der Waals surface area contributed by atoms with Gasteiger partial charge in [0.15, 0.2) is 0 Å². The van der Waals surface area contributed by atoms with Gasteiger partial charge in [0.25, 0.3) is 0 Å². The Kier molecular flexibility index (Phi) is 3.80. The van der Waals surface area contributed by atoms with Crippen LogP contribution in [0.5, 0.6) is 5.75 Å². The number of nitrogen functional groups attached to an aromatic ring is 1. The lowest BCUT2D eigenvalue weighted by Crippen LogP contribution is -2.04. The first-order valence-electron chi connectivity index (χ1n) is 4.40. The van der Waals surface area contributed by atoms with Crippen molar-refractivity contribution in [3.8, 4) is 5.75 Å². The molecule has 1 aromatic rings. The Bertz CT molecular complexity index is 379. The number of rotatable bonds is 3. The topological polar surface area (TPSA) is 61.5 Å². The molecule has 4 nitrogen and oxygen atoms in total. The lowest BCUT2D eigenvalue weighted by atomic mass is 10.2. The van der Waals surface area contributed by atoms with E-state index in [2.05, 4.69) is 4.74 Å². The van der Waals surface area contributed by atoms with Crippen LogP contribution >= 0.6 is 11.6 Å². The zero-order valence-electron chi connectivity index (χ0n) is 8.54. The van der Waals surface area contributed by atoms with Gasteiger partial charge in [0.2, 0.25) is 0 Å². The van der Waals surface area contributed by atoms with Crippen molar-refractivity contribution in [1.82, 2.24) is 0 Å². The number of ether oxygens (including phenoxy) is 2. The monoisotopic (exact) mass is 229 g/mol. The first-order valence-corrected chi connectivity index (χ1v) is 4.78. The average Bonchev–Trinajstić information content (AvgIpc) is 2.23. The summed E-state index contributed by atoms with van der Waals surface area (Å²) >= 11 is 5.84. The number of halogens is 1. The fourth-order valence-corrected chi connectivity index (χ4v) is 1.31. The van der Waals surface area contributed by atoms with Gasteiger partial charge < -0.3 is 15.2 Å². The molecule has 0 atom stereocenters. The Balaban J connectivity index is 3.16. The summed E-state index contributed by atoms with van der Waals surface area (Å²) in [6, 6.07) is 2.96. The minimum Gasteiger partial charge on any atom is -0.492 e. The number of carbonyl (C=O) groups excluding carboxylic acids is 1. The van der Waals surface area contributed by atoms with E-state index in [-0.39, 0.29) is 5.02 Å². The highest BCUT2D eigenvalue weighted by molar-refractivity contribution is 6.33. The van der Waals surface area contributed by atoms with Crippen LogP contribution in [0.4, 0.5) is 5.69 Å². The van der Waals surface area contributed by atoms with Gasteiger partial charge in [-0.3, -0.25) is 0 Å². The lowest BCUT2D eigenvalue weighted by molar-refractivity contribution is 0.0600. The van der Waals surface area contributed by atoms with Crippen molar-refractivity contribution in [3.05, 3.63) is 22.7 Å². The van der Waals surface area contributed by atoms with E-state index in [1.807, 2.05) is 6.92 Å². The summed E-state index contributed by atoms with van der Waals surface area (Å²) in [6.45, 7) is 2.27. The minimum atomic E-state index is -0.474.